The number of aromatic nitrogens is 2. The summed E-state index contributed by atoms with van der Waals surface area (Å²) >= 11 is 1.62. The van der Waals surface area contributed by atoms with Gasteiger partial charge < -0.3 is 20.3 Å². The van der Waals surface area contributed by atoms with Crippen molar-refractivity contribution in [3.05, 3.63) is 42.2 Å². The molecule has 1 aliphatic rings. The number of nitrogens with zero attached hydrogens (tertiary/aromatic N) is 3. The lowest BCUT2D eigenvalue weighted by molar-refractivity contribution is 0.0958. The van der Waals surface area contributed by atoms with E-state index < -0.39 is 0 Å². The summed E-state index contributed by atoms with van der Waals surface area (Å²) in [5.74, 6) is 1.03. The quantitative estimate of drug-likeness (QED) is 0.617. The molecular formula is C21H25N5O2S. The third kappa shape index (κ3) is 4.65. The molecule has 0 radical (unpaired) electrons. The number of thiazole rings is 1. The maximum atomic E-state index is 11.7. The Hall–Kier alpha value is -2.71. The van der Waals surface area contributed by atoms with Crippen LogP contribution in [0.2, 0.25) is 0 Å². The summed E-state index contributed by atoms with van der Waals surface area (Å²) in [4.78, 5) is 22.9. The Morgan fingerprint density at radius 1 is 1.31 bits per heavy atom. The molecule has 7 nitrogen and oxygen atoms in total. The summed E-state index contributed by atoms with van der Waals surface area (Å²) in [6.07, 6.45) is 5.29. The number of pyridine rings is 1. The smallest absolute Gasteiger partial charge is 0.269 e. The number of carbonyl (C=O) groups excluding carboxylic acids is 1. The van der Waals surface area contributed by atoms with Crippen LogP contribution in [0.1, 0.15) is 29.8 Å². The highest BCUT2D eigenvalue weighted by molar-refractivity contribution is 7.22. The van der Waals surface area contributed by atoms with Crippen LogP contribution in [0.3, 0.4) is 0 Å². The Labute approximate surface area is 174 Å². The molecule has 0 saturated carbocycles. The standard InChI is InChI=1S/C21H25N5O2S/c1-22-20(27)18-12-16(8-10-23-18)28-15-5-6-17-19(13-15)29-21(25-17)24-9-7-14-4-3-11-26(14)2/h5-6,8,10,12-14H,3-4,7,9,11H2,1-2H3,(H,22,27)(H,24,25). The van der Waals surface area contributed by atoms with Crippen LogP contribution in [0.4, 0.5) is 5.13 Å². The Morgan fingerprint density at radius 3 is 2.97 bits per heavy atom. The first-order chi connectivity index (χ1) is 14.1. The Kier molecular flexibility index (Phi) is 5.92. The van der Waals surface area contributed by atoms with E-state index in [0.29, 0.717) is 23.2 Å². The van der Waals surface area contributed by atoms with Gasteiger partial charge in [0.25, 0.3) is 5.91 Å². The highest BCUT2D eigenvalue weighted by Crippen LogP contribution is 2.31. The van der Waals surface area contributed by atoms with Crippen molar-refractivity contribution in [2.24, 2.45) is 0 Å². The number of amides is 1. The zero-order chi connectivity index (χ0) is 20.2. The van der Waals surface area contributed by atoms with Gasteiger partial charge in [-0.2, -0.15) is 0 Å². The van der Waals surface area contributed by atoms with Gasteiger partial charge in [-0.15, -0.1) is 0 Å². The number of fused-ring (bicyclic) bond motifs is 1. The lowest BCUT2D eigenvalue weighted by atomic mass is 10.1. The molecule has 2 aromatic heterocycles. The molecular weight excluding hydrogens is 386 g/mol. The zero-order valence-corrected chi connectivity index (χ0v) is 17.5. The second kappa shape index (κ2) is 8.75. The molecule has 1 amide bonds. The average molecular weight is 412 g/mol. The summed E-state index contributed by atoms with van der Waals surface area (Å²) in [6, 6.07) is 9.86. The monoisotopic (exact) mass is 411 g/mol. The van der Waals surface area contributed by atoms with E-state index in [0.717, 1.165) is 28.3 Å². The average Bonchev–Trinajstić information content (AvgIpc) is 3.33. The van der Waals surface area contributed by atoms with Crippen LogP contribution in [-0.2, 0) is 0 Å². The van der Waals surface area contributed by atoms with Crippen LogP contribution in [-0.4, -0.2) is 54.0 Å². The summed E-state index contributed by atoms with van der Waals surface area (Å²) in [5, 5.41) is 6.96. The van der Waals surface area contributed by atoms with Crippen molar-refractivity contribution in [2.75, 3.05) is 32.5 Å². The minimum absolute atomic E-state index is 0.243. The van der Waals surface area contributed by atoms with Gasteiger partial charge in [-0.1, -0.05) is 11.3 Å². The lowest BCUT2D eigenvalue weighted by Crippen LogP contribution is -2.26. The van der Waals surface area contributed by atoms with Crippen molar-refractivity contribution in [1.82, 2.24) is 20.2 Å². The van der Waals surface area contributed by atoms with E-state index in [-0.39, 0.29) is 5.91 Å². The zero-order valence-electron chi connectivity index (χ0n) is 16.6. The van der Waals surface area contributed by atoms with E-state index in [2.05, 4.69) is 32.5 Å². The van der Waals surface area contributed by atoms with Gasteiger partial charge in [0, 0.05) is 38.0 Å². The summed E-state index contributed by atoms with van der Waals surface area (Å²) in [7, 11) is 3.78. The minimum Gasteiger partial charge on any atom is -0.457 e. The molecule has 2 N–H and O–H groups in total. The SMILES string of the molecule is CNC(=O)c1cc(Oc2ccc3nc(NCCC4CCCN4C)sc3c2)ccn1. The molecule has 3 heterocycles. The van der Waals surface area contributed by atoms with Gasteiger partial charge >= 0.3 is 0 Å². The first-order valence-electron chi connectivity index (χ1n) is 9.83. The molecule has 1 saturated heterocycles. The molecule has 1 aliphatic heterocycles. The number of rotatable bonds is 7. The number of benzene rings is 1. The van der Waals surface area contributed by atoms with Crippen LogP contribution >= 0.6 is 11.3 Å². The fourth-order valence-electron chi connectivity index (χ4n) is 3.60. The molecule has 1 aromatic carbocycles. The van der Waals surface area contributed by atoms with Crippen molar-refractivity contribution in [3.63, 3.8) is 0 Å². The summed E-state index contributed by atoms with van der Waals surface area (Å²) in [5.41, 5.74) is 1.27. The molecule has 1 atom stereocenters. The fraction of sp³-hybridized carbons (Fsp3) is 0.381. The van der Waals surface area contributed by atoms with E-state index in [4.69, 9.17) is 4.74 Å². The van der Waals surface area contributed by atoms with Crippen molar-refractivity contribution < 1.29 is 9.53 Å². The van der Waals surface area contributed by atoms with Gasteiger partial charge in [0.2, 0.25) is 0 Å². The van der Waals surface area contributed by atoms with E-state index in [9.17, 15) is 4.79 Å². The molecule has 29 heavy (non-hydrogen) atoms. The van der Waals surface area contributed by atoms with Crippen molar-refractivity contribution in [2.45, 2.75) is 25.3 Å². The van der Waals surface area contributed by atoms with Crippen molar-refractivity contribution in [1.29, 1.82) is 0 Å². The fourth-order valence-corrected chi connectivity index (χ4v) is 4.52. The van der Waals surface area contributed by atoms with Gasteiger partial charge in [0.05, 0.1) is 10.2 Å². The van der Waals surface area contributed by atoms with Gasteiger partial charge in [0.15, 0.2) is 5.13 Å². The highest BCUT2D eigenvalue weighted by atomic mass is 32.1. The summed E-state index contributed by atoms with van der Waals surface area (Å²) < 4.78 is 6.98. The number of hydrogen-bond acceptors (Lipinski definition) is 7. The Bertz CT molecular complexity index is 1010. The van der Waals surface area contributed by atoms with Crippen LogP contribution in [0.25, 0.3) is 10.2 Å². The lowest BCUT2D eigenvalue weighted by Gasteiger charge is -2.18. The van der Waals surface area contributed by atoms with Gasteiger partial charge in [-0.3, -0.25) is 9.78 Å². The largest absolute Gasteiger partial charge is 0.457 e. The van der Waals surface area contributed by atoms with Crippen molar-refractivity contribution >= 4 is 32.6 Å². The van der Waals surface area contributed by atoms with Gasteiger partial charge in [-0.25, -0.2) is 4.98 Å². The van der Waals surface area contributed by atoms with Crippen LogP contribution in [0.5, 0.6) is 11.5 Å². The minimum atomic E-state index is -0.243. The van der Waals surface area contributed by atoms with Gasteiger partial charge in [0.1, 0.15) is 17.2 Å². The van der Waals surface area contributed by atoms with Crippen molar-refractivity contribution in [3.8, 4) is 11.5 Å². The maximum Gasteiger partial charge on any atom is 0.269 e. The molecule has 8 heteroatoms. The Balaban J connectivity index is 1.41. The van der Waals surface area contributed by atoms with E-state index in [1.165, 1.54) is 19.4 Å². The first kappa shape index (κ1) is 19.6. The first-order valence-corrected chi connectivity index (χ1v) is 10.6. The number of ether oxygens (including phenoxy) is 1. The molecule has 1 fully saturated rings. The van der Waals surface area contributed by atoms with E-state index in [1.54, 1.807) is 36.7 Å². The molecule has 0 bridgehead atoms. The molecule has 0 spiro atoms. The van der Waals surface area contributed by atoms with E-state index >= 15 is 0 Å². The molecule has 3 aromatic rings. The molecule has 1 unspecified atom stereocenters. The predicted molar refractivity (Wildman–Crippen MR) is 116 cm³/mol. The number of nitrogens with one attached hydrogen (secondary N) is 2. The Morgan fingerprint density at radius 2 is 2.17 bits per heavy atom. The third-order valence-corrected chi connectivity index (χ3v) is 6.19. The maximum absolute atomic E-state index is 11.7. The number of carbonyl (C=O) groups is 1. The topological polar surface area (TPSA) is 79.4 Å². The van der Waals surface area contributed by atoms with Crippen LogP contribution in [0.15, 0.2) is 36.5 Å². The van der Waals surface area contributed by atoms with Crippen LogP contribution < -0.4 is 15.4 Å². The molecule has 4 rings (SSSR count). The normalized spacial score (nSPS) is 16.8. The number of hydrogen-bond donors (Lipinski definition) is 2. The molecule has 0 aliphatic carbocycles. The second-order valence-corrected chi connectivity index (χ2v) is 8.23. The number of anilines is 1. The highest BCUT2D eigenvalue weighted by Gasteiger charge is 2.20. The van der Waals surface area contributed by atoms with Gasteiger partial charge in [-0.05, 0) is 51.1 Å². The number of likely N-dealkylation sites (tertiary alicyclic amines) is 1. The second-order valence-electron chi connectivity index (χ2n) is 7.20. The van der Waals surface area contributed by atoms with Crippen LogP contribution in [0, 0.1) is 0 Å². The third-order valence-electron chi connectivity index (χ3n) is 5.21. The summed E-state index contributed by atoms with van der Waals surface area (Å²) in [6.45, 7) is 2.13. The molecule has 152 valence electrons. The predicted octanol–water partition coefficient (Wildman–Crippen LogP) is 3.74. The van der Waals surface area contributed by atoms with E-state index in [1.807, 2.05) is 18.2 Å².